The van der Waals surface area contributed by atoms with E-state index in [9.17, 15) is 4.79 Å². The standard InChI is InChI=1S/C14H24N6O/c1-8-11(19-16)17-13(14(2,3)4)18-12(8)20-6-5-9(7-20)10(15)21/h9H,5-7,16H2,1-4H3,(H2,15,21)(H,17,18,19). The van der Waals surface area contributed by atoms with E-state index in [4.69, 9.17) is 16.6 Å². The Morgan fingerprint density at radius 1 is 1.38 bits per heavy atom. The first kappa shape index (κ1) is 15.5. The van der Waals surface area contributed by atoms with Crippen LogP contribution >= 0.6 is 0 Å². The highest BCUT2D eigenvalue weighted by molar-refractivity contribution is 5.78. The summed E-state index contributed by atoms with van der Waals surface area (Å²) in [5.41, 5.74) is 8.74. The molecule has 7 nitrogen and oxygen atoms in total. The molecule has 0 spiro atoms. The summed E-state index contributed by atoms with van der Waals surface area (Å²) in [7, 11) is 0. The van der Waals surface area contributed by atoms with Crippen LogP contribution < -0.4 is 21.9 Å². The summed E-state index contributed by atoms with van der Waals surface area (Å²) in [6.07, 6.45) is 0.759. The molecular weight excluding hydrogens is 268 g/mol. The second-order valence-corrected chi connectivity index (χ2v) is 6.57. The van der Waals surface area contributed by atoms with Crippen molar-refractivity contribution < 1.29 is 4.79 Å². The number of nitrogens with zero attached hydrogens (tertiary/aromatic N) is 3. The maximum absolute atomic E-state index is 11.3. The Kier molecular flexibility index (Phi) is 4.04. The van der Waals surface area contributed by atoms with Gasteiger partial charge in [0.15, 0.2) is 0 Å². The quantitative estimate of drug-likeness (QED) is 0.558. The molecule has 2 rings (SSSR count). The lowest BCUT2D eigenvalue weighted by atomic mass is 9.95. The summed E-state index contributed by atoms with van der Waals surface area (Å²) in [5, 5.41) is 0. The van der Waals surface area contributed by atoms with Crippen molar-refractivity contribution in [2.45, 2.75) is 39.5 Å². The van der Waals surface area contributed by atoms with Crippen LogP contribution in [0.1, 0.15) is 38.6 Å². The predicted octanol–water partition coefficient (Wildman–Crippen LogP) is 0.680. The second kappa shape index (κ2) is 5.48. The van der Waals surface area contributed by atoms with Crippen molar-refractivity contribution in [1.29, 1.82) is 0 Å². The minimum absolute atomic E-state index is 0.119. The highest BCUT2D eigenvalue weighted by Gasteiger charge is 2.30. The predicted molar refractivity (Wildman–Crippen MR) is 82.8 cm³/mol. The van der Waals surface area contributed by atoms with Crippen LogP contribution in [0, 0.1) is 12.8 Å². The number of hydrogen-bond donors (Lipinski definition) is 3. The summed E-state index contributed by atoms with van der Waals surface area (Å²) in [4.78, 5) is 22.6. The molecule has 1 aromatic heterocycles. The molecule has 1 saturated heterocycles. The van der Waals surface area contributed by atoms with Crippen LogP contribution in [0.2, 0.25) is 0 Å². The highest BCUT2D eigenvalue weighted by atomic mass is 16.1. The summed E-state index contributed by atoms with van der Waals surface area (Å²) < 4.78 is 0. The number of nitrogen functional groups attached to an aromatic ring is 1. The summed E-state index contributed by atoms with van der Waals surface area (Å²) in [5.74, 6) is 7.37. The smallest absolute Gasteiger partial charge is 0.222 e. The van der Waals surface area contributed by atoms with Crippen molar-refractivity contribution in [2.75, 3.05) is 23.4 Å². The van der Waals surface area contributed by atoms with E-state index in [-0.39, 0.29) is 17.2 Å². The van der Waals surface area contributed by atoms with Crippen LogP contribution in [-0.4, -0.2) is 29.0 Å². The first-order valence-corrected chi connectivity index (χ1v) is 7.14. The molecule has 1 aromatic rings. The van der Waals surface area contributed by atoms with Crippen LogP contribution in [0.5, 0.6) is 0 Å². The average Bonchev–Trinajstić information content (AvgIpc) is 2.87. The van der Waals surface area contributed by atoms with Crippen molar-refractivity contribution in [3.05, 3.63) is 11.4 Å². The lowest BCUT2D eigenvalue weighted by molar-refractivity contribution is -0.121. The molecule has 1 unspecified atom stereocenters. The van der Waals surface area contributed by atoms with Gasteiger partial charge in [-0.1, -0.05) is 20.8 Å². The lowest BCUT2D eigenvalue weighted by Gasteiger charge is -2.25. The third-order valence-corrected chi connectivity index (χ3v) is 3.82. The van der Waals surface area contributed by atoms with Crippen molar-refractivity contribution >= 4 is 17.5 Å². The molecule has 1 fully saturated rings. The number of anilines is 2. The van der Waals surface area contributed by atoms with Crippen LogP contribution in [0.3, 0.4) is 0 Å². The number of nitrogens with two attached hydrogens (primary N) is 2. The number of hydrazine groups is 1. The van der Waals surface area contributed by atoms with E-state index >= 15 is 0 Å². The Bertz CT molecular complexity index is 551. The molecule has 1 aliphatic rings. The monoisotopic (exact) mass is 292 g/mol. The second-order valence-electron chi connectivity index (χ2n) is 6.57. The topological polar surface area (TPSA) is 110 Å². The van der Waals surface area contributed by atoms with Crippen LogP contribution in [0.4, 0.5) is 11.6 Å². The van der Waals surface area contributed by atoms with Crippen molar-refractivity contribution in [3.63, 3.8) is 0 Å². The van der Waals surface area contributed by atoms with Crippen molar-refractivity contribution in [2.24, 2.45) is 17.5 Å². The summed E-state index contributed by atoms with van der Waals surface area (Å²) >= 11 is 0. The van der Waals surface area contributed by atoms with Gasteiger partial charge in [0.1, 0.15) is 17.5 Å². The number of amides is 1. The Balaban J connectivity index is 2.41. The van der Waals surface area contributed by atoms with E-state index in [0.29, 0.717) is 12.4 Å². The fraction of sp³-hybridized carbons (Fsp3) is 0.643. The molecule has 7 heteroatoms. The van der Waals surface area contributed by atoms with Gasteiger partial charge >= 0.3 is 0 Å². The number of carbonyl (C=O) groups is 1. The summed E-state index contributed by atoms with van der Waals surface area (Å²) in [6.45, 7) is 9.45. The zero-order valence-electron chi connectivity index (χ0n) is 13.1. The number of carbonyl (C=O) groups excluding carboxylic acids is 1. The van der Waals surface area contributed by atoms with Gasteiger partial charge in [0, 0.05) is 24.1 Å². The normalized spacial score (nSPS) is 18.9. The molecule has 0 saturated carbocycles. The molecule has 0 aromatic carbocycles. The molecule has 0 bridgehead atoms. The van der Waals surface area contributed by atoms with Gasteiger partial charge in [-0.2, -0.15) is 0 Å². The molecule has 5 N–H and O–H groups in total. The molecule has 21 heavy (non-hydrogen) atoms. The van der Waals surface area contributed by atoms with Crippen LogP contribution in [0.25, 0.3) is 0 Å². The average molecular weight is 292 g/mol. The third kappa shape index (κ3) is 3.07. The minimum Gasteiger partial charge on any atom is -0.369 e. The van der Waals surface area contributed by atoms with E-state index in [1.54, 1.807) is 0 Å². The zero-order valence-corrected chi connectivity index (χ0v) is 13.1. The largest absolute Gasteiger partial charge is 0.369 e. The van der Waals surface area contributed by atoms with Gasteiger partial charge in [0.2, 0.25) is 5.91 Å². The Hall–Kier alpha value is -1.89. The van der Waals surface area contributed by atoms with E-state index in [2.05, 4.69) is 36.1 Å². The number of primary amides is 1. The van der Waals surface area contributed by atoms with E-state index in [0.717, 1.165) is 30.2 Å². The Morgan fingerprint density at radius 3 is 2.52 bits per heavy atom. The minimum atomic E-state index is -0.252. The molecule has 0 radical (unpaired) electrons. The molecule has 2 heterocycles. The van der Waals surface area contributed by atoms with E-state index in [1.165, 1.54) is 0 Å². The fourth-order valence-corrected chi connectivity index (χ4v) is 2.47. The van der Waals surface area contributed by atoms with Gasteiger partial charge < -0.3 is 16.1 Å². The highest BCUT2D eigenvalue weighted by Crippen LogP contribution is 2.31. The van der Waals surface area contributed by atoms with Crippen LogP contribution in [0.15, 0.2) is 0 Å². The van der Waals surface area contributed by atoms with Crippen molar-refractivity contribution in [3.8, 4) is 0 Å². The number of nitrogens with one attached hydrogen (secondary N) is 1. The fourth-order valence-electron chi connectivity index (χ4n) is 2.47. The molecule has 116 valence electrons. The maximum atomic E-state index is 11.3. The van der Waals surface area contributed by atoms with Crippen LogP contribution in [-0.2, 0) is 10.2 Å². The first-order chi connectivity index (χ1) is 9.74. The summed E-state index contributed by atoms with van der Waals surface area (Å²) in [6, 6.07) is 0. The van der Waals surface area contributed by atoms with Gasteiger partial charge in [-0.15, -0.1) is 0 Å². The van der Waals surface area contributed by atoms with Gasteiger partial charge in [-0.3, -0.25) is 4.79 Å². The molecule has 1 amide bonds. The molecule has 1 atom stereocenters. The molecule has 1 aliphatic heterocycles. The number of rotatable bonds is 3. The zero-order chi connectivity index (χ0) is 15.8. The third-order valence-electron chi connectivity index (χ3n) is 3.82. The van der Waals surface area contributed by atoms with E-state index < -0.39 is 0 Å². The molecule has 0 aliphatic carbocycles. The first-order valence-electron chi connectivity index (χ1n) is 7.14. The SMILES string of the molecule is Cc1c(NN)nc(C(C)(C)C)nc1N1CCC(C(N)=O)C1. The maximum Gasteiger partial charge on any atom is 0.222 e. The number of aromatic nitrogens is 2. The van der Waals surface area contributed by atoms with Gasteiger partial charge in [-0.05, 0) is 13.3 Å². The van der Waals surface area contributed by atoms with Gasteiger partial charge in [-0.25, -0.2) is 15.8 Å². The van der Waals surface area contributed by atoms with Gasteiger partial charge in [0.05, 0.1) is 5.92 Å². The van der Waals surface area contributed by atoms with Gasteiger partial charge in [0.25, 0.3) is 0 Å². The van der Waals surface area contributed by atoms with Crippen molar-refractivity contribution in [1.82, 2.24) is 9.97 Å². The van der Waals surface area contributed by atoms with E-state index in [1.807, 2.05) is 6.92 Å². The lowest BCUT2D eigenvalue weighted by Crippen LogP contribution is -2.29. The Morgan fingerprint density at radius 2 is 2.05 bits per heavy atom. The Labute approximate surface area is 125 Å². The number of hydrogen-bond acceptors (Lipinski definition) is 6. The molecular formula is C14H24N6O.